The van der Waals surface area contributed by atoms with Crippen LogP contribution in [-0.2, 0) is 4.74 Å². The van der Waals surface area contributed by atoms with Crippen molar-refractivity contribution in [2.45, 2.75) is 62.8 Å². The van der Waals surface area contributed by atoms with E-state index in [1.807, 2.05) is 0 Å². The van der Waals surface area contributed by atoms with E-state index in [1.54, 1.807) is 0 Å². The molecule has 8 nitrogen and oxygen atoms in total. The van der Waals surface area contributed by atoms with Crippen LogP contribution in [0.2, 0.25) is 5.02 Å². The molecule has 8 rings (SSSR count). The van der Waals surface area contributed by atoms with Gasteiger partial charge in [0.25, 0.3) is 0 Å². The van der Waals surface area contributed by atoms with Crippen LogP contribution in [0.1, 0.15) is 38.2 Å². The van der Waals surface area contributed by atoms with E-state index in [1.165, 1.54) is 18.2 Å². The Bertz CT molecular complexity index is 1780. The molecule has 0 bridgehead atoms. The van der Waals surface area contributed by atoms with Gasteiger partial charge in [-0.15, -0.1) is 0 Å². The van der Waals surface area contributed by atoms with Gasteiger partial charge in [0.1, 0.15) is 24.4 Å². The van der Waals surface area contributed by atoms with E-state index < -0.39 is 35.5 Å². The lowest BCUT2D eigenvalue weighted by Gasteiger charge is -2.43. The summed E-state index contributed by atoms with van der Waals surface area (Å²) in [7, 11) is 0. The molecule has 5 heterocycles. The zero-order valence-electron chi connectivity index (χ0n) is 25.2. The van der Waals surface area contributed by atoms with E-state index in [0.717, 1.165) is 31.9 Å². The molecule has 3 aromatic rings. The van der Waals surface area contributed by atoms with Crippen molar-refractivity contribution in [1.82, 2.24) is 15.1 Å². The fraction of sp³-hybridized carbons (Fsp3) is 0.485. The Hall–Kier alpha value is -3.32. The summed E-state index contributed by atoms with van der Waals surface area (Å²) in [6.07, 6.45) is 0.939. The van der Waals surface area contributed by atoms with Crippen LogP contribution in [0.25, 0.3) is 21.9 Å². The van der Waals surface area contributed by atoms with Crippen LogP contribution >= 0.6 is 11.6 Å². The molecule has 0 amide bonds. The van der Waals surface area contributed by atoms with Crippen molar-refractivity contribution in [1.29, 1.82) is 0 Å². The zero-order chi connectivity index (χ0) is 31.9. The molecule has 0 radical (unpaired) electrons. The standard InChI is InChI=1S/C33H34ClF4N5O3/c1-2-21-22-14-45-30-25-29(28(38)24(26(30)34)19-11-18(44)10-16-4-5-20(36)27(37)23(16)19)40-32(41-31(25)43(22)9-7-39-21)46-15-33-6-3-8-42(33)13-17(35)12-33/h4-5,10-11,17,21-22,32,39-40,44H,2-3,6-9,12-15H2,1H3/t17-,21+,22-,32?,33+/m1/s1. The van der Waals surface area contributed by atoms with Crippen molar-refractivity contribution >= 4 is 33.9 Å². The Labute approximate surface area is 268 Å². The molecule has 0 spiro atoms. The quantitative estimate of drug-likeness (QED) is 0.300. The maximum atomic E-state index is 17.1. The minimum Gasteiger partial charge on any atom is -0.508 e. The van der Waals surface area contributed by atoms with Crippen LogP contribution in [0.3, 0.4) is 0 Å². The second-order valence-electron chi connectivity index (χ2n) is 12.9. The fourth-order valence-corrected chi connectivity index (χ4v) is 8.55. The summed E-state index contributed by atoms with van der Waals surface area (Å²) < 4.78 is 74.2. The Kier molecular flexibility index (Phi) is 7.28. The first-order valence-corrected chi connectivity index (χ1v) is 16.2. The molecule has 3 aromatic carbocycles. The number of ether oxygens (including phenoxy) is 2. The smallest absolute Gasteiger partial charge is 0.227 e. The number of phenols is 1. The Balaban J connectivity index is 1.29. The number of rotatable bonds is 5. The van der Waals surface area contributed by atoms with E-state index in [4.69, 9.17) is 26.1 Å². The number of hydrogen-bond donors (Lipinski definition) is 3. The predicted molar refractivity (Wildman–Crippen MR) is 167 cm³/mol. The van der Waals surface area contributed by atoms with Crippen molar-refractivity contribution in [2.24, 2.45) is 4.99 Å². The van der Waals surface area contributed by atoms with Crippen LogP contribution in [0.4, 0.5) is 23.2 Å². The lowest BCUT2D eigenvalue weighted by Crippen LogP contribution is -2.61. The molecule has 1 unspecified atom stereocenters. The molecule has 46 heavy (non-hydrogen) atoms. The molecule has 3 N–H and O–H groups in total. The van der Waals surface area contributed by atoms with Crippen LogP contribution < -0.4 is 15.4 Å². The van der Waals surface area contributed by atoms with E-state index in [9.17, 15) is 13.9 Å². The third kappa shape index (κ3) is 4.55. The van der Waals surface area contributed by atoms with Crippen molar-refractivity contribution in [3.63, 3.8) is 0 Å². The minimum absolute atomic E-state index is 0.0134. The third-order valence-corrected chi connectivity index (χ3v) is 10.7. The van der Waals surface area contributed by atoms with Gasteiger partial charge in [-0.1, -0.05) is 24.6 Å². The van der Waals surface area contributed by atoms with Gasteiger partial charge in [-0.25, -0.2) is 22.6 Å². The molecule has 5 atom stereocenters. The first-order chi connectivity index (χ1) is 22.2. The van der Waals surface area contributed by atoms with Crippen LogP contribution in [0.15, 0.2) is 29.3 Å². The molecular weight excluding hydrogens is 626 g/mol. The molecule has 0 aromatic heterocycles. The number of piperazine rings is 1. The van der Waals surface area contributed by atoms with E-state index in [-0.39, 0.29) is 69.4 Å². The second kappa shape index (κ2) is 11.1. The maximum absolute atomic E-state index is 17.1. The number of anilines is 1. The highest BCUT2D eigenvalue weighted by Gasteiger charge is 2.50. The molecule has 5 aliphatic rings. The van der Waals surface area contributed by atoms with Gasteiger partial charge in [0, 0.05) is 54.1 Å². The van der Waals surface area contributed by atoms with Crippen LogP contribution in [0, 0.1) is 17.5 Å². The first-order valence-electron chi connectivity index (χ1n) is 15.8. The molecule has 0 aliphatic carbocycles. The summed E-state index contributed by atoms with van der Waals surface area (Å²) in [6, 6.07) is 4.58. The Morgan fingerprint density at radius 3 is 2.85 bits per heavy atom. The number of phenolic OH excluding ortho intramolecular Hbond substituents is 1. The lowest BCUT2D eigenvalue weighted by molar-refractivity contribution is 0.00134. The summed E-state index contributed by atoms with van der Waals surface area (Å²) in [5.74, 6) is -2.84. The zero-order valence-corrected chi connectivity index (χ0v) is 25.9. The summed E-state index contributed by atoms with van der Waals surface area (Å²) in [6.45, 7) is 4.87. The van der Waals surface area contributed by atoms with Crippen molar-refractivity contribution in [3.05, 3.63) is 52.3 Å². The van der Waals surface area contributed by atoms with Crippen LogP contribution in [0.5, 0.6) is 11.5 Å². The molecule has 244 valence electrons. The van der Waals surface area contributed by atoms with Gasteiger partial charge >= 0.3 is 0 Å². The fourth-order valence-electron chi connectivity index (χ4n) is 8.22. The highest BCUT2D eigenvalue weighted by Crippen LogP contribution is 2.51. The van der Waals surface area contributed by atoms with Crippen molar-refractivity contribution in [2.75, 3.05) is 44.7 Å². The number of benzene rings is 3. The van der Waals surface area contributed by atoms with Crippen molar-refractivity contribution in [3.8, 4) is 22.6 Å². The number of amidine groups is 1. The largest absolute Gasteiger partial charge is 0.508 e. The van der Waals surface area contributed by atoms with Gasteiger partial charge in [-0.2, -0.15) is 0 Å². The topological polar surface area (TPSA) is 81.6 Å². The maximum Gasteiger partial charge on any atom is 0.227 e. The highest BCUT2D eigenvalue weighted by atomic mass is 35.5. The van der Waals surface area contributed by atoms with Gasteiger partial charge in [0.15, 0.2) is 23.2 Å². The van der Waals surface area contributed by atoms with E-state index in [0.29, 0.717) is 37.5 Å². The van der Waals surface area contributed by atoms with Gasteiger partial charge in [0.2, 0.25) is 6.35 Å². The predicted octanol–water partition coefficient (Wildman–Crippen LogP) is 5.78. The normalized spacial score (nSPS) is 28.7. The number of alkyl halides is 1. The monoisotopic (exact) mass is 659 g/mol. The number of aromatic hydroxyl groups is 1. The SMILES string of the molecule is CC[C@@H]1NCCN2C3=NC(OC[C@@]45CCCN4C[C@H](F)C5)Nc4c(F)c(-c5cc(O)cc6ccc(F)c(F)c56)c(Cl)c(c43)OC[C@H]12. The average Bonchev–Trinajstić information content (AvgIpc) is 3.50. The first kappa shape index (κ1) is 30.0. The van der Waals surface area contributed by atoms with Gasteiger partial charge in [0.05, 0.1) is 28.9 Å². The number of halogens is 5. The van der Waals surface area contributed by atoms with Crippen LogP contribution in [-0.4, -0.2) is 90.3 Å². The lowest BCUT2D eigenvalue weighted by atomic mass is 9.93. The molecule has 0 saturated carbocycles. The molecular formula is C33H34ClF4N5O3. The summed E-state index contributed by atoms with van der Waals surface area (Å²) in [4.78, 5) is 9.18. The number of hydrogen-bond acceptors (Lipinski definition) is 8. The number of nitrogens with one attached hydrogen (secondary N) is 2. The Morgan fingerprint density at radius 1 is 1.17 bits per heavy atom. The molecule has 5 aliphatic heterocycles. The van der Waals surface area contributed by atoms with Gasteiger partial charge < -0.3 is 30.1 Å². The van der Waals surface area contributed by atoms with Gasteiger partial charge in [-0.05, 0) is 49.4 Å². The molecule has 13 heteroatoms. The van der Waals surface area contributed by atoms with E-state index in [2.05, 4.69) is 27.4 Å². The average molecular weight is 660 g/mol. The third-order valence-electron chi connectivity index (χ3n) is 10.3. The summed E-state index contributed by atoms with van der Waals surface area (Å²) in [5.41, 5.74) is -0.533. The summed E-state index contributed by atoms with van der Waals surface area (Å²) in [5, 5.41) is 17.0. The number of nitrogens with zero attached hydrogens (tertiary/aromatic N) is 3. The van der Waals surface area contributed by atoms with Crippen molar-refractivity contribution < 1.29 is 32.1 Å². The highest BCUT2D eigenvalue weighted by molar-refractivity contribution is 6.36. The van der Waals surface area contributed by atoms with E-state index >= 15 is 8.78 Å². The van der Waals surface area contributed by atoms with Gasteiger partial charge in [-0.3, -0.25) is 4.90 Å². The number of aliphatic imine (C=N–C) groups is 1. The Morgan fingerprint density at radius 2 is 2.02 bits per heavy atom. The molecule has 3 saturated heterocycles. The minimum atomic E-state index is -1.19. The second-order valence-corrected chi connectivity index (χ2v) is 13.3. The summed E-state index contributed by atoms with van der Waals surface area (Å²) >= 11 is 6.98. The molecule has 3 fully saturated rings. The number of fused-ring (bicyclic) bond motifs is 4.